The Morgan fingerprint density at radius 3 is 2.53 bits per heavy atom. The predicted molar refractivity (Wildman–Crippen MR) is 60.2 cm³/mol. The molecule has 1 aliphatic heterocycles. The third-order valence-electron chi connectivity index (χ3n) is 2.85. The van der Waals surface area contributed by atoms with E-state index in [4.69, 9.17) is 5.11 Å². The zero-order chi connectivity index (χ0) is 12.6. The molecule has 6 heteroatoms. The van der Waals surface area contributed by atoms with Crippen LogP contribution in [-0.4, -0.2) is 51.6 Å². The lowest BCUT2D eigenvalue weighted by atomic mass is 10.2. The summed E-state index contributed by atoms with van der Waals surface area (Å²) < 4.78 is 0. The molecule has 1 aromatic rings. The van der Waals surface area contributed by atoms with E-state index in [-0.39, 0.29) is 18.7 Å². The van der Waals surface area contributed by atoms with E-state index in [1.165, 1.54) is 6.20 Å². The first kappa shape index (κ1) is 11.8. The highest BCUT2D eigenvalue weighted by Crippen LogP contribution is 2.25. The summed E-state index contributed by atoms with van der Waals surface area (Å²) in [5, 5.41) is 28.0. The number of hydrogen-bond acceptors (Lipinski definition) is 5. The van der Waals surface area contributed by atoms with Gasteiger partial charge in [-0.25, -0.2) is 4.79 Å². The zero-order valence-corrected chi connectivity index (χ0v) is 9.37. The number of β-amino-alcohol motifs (C(OH)–C–C–N with tert-alkyl or cyclic N) is 2. The molecular formula is C11H14N2O4. The molecule has 92 valence electrons. The van der Waals surface area contributed by atoms with Gasteiger partial charge in [0, 0.05) is 25.0 Å². The molecule has 0 amide bonds. The number of aryl methyl sites for hydroxylation is 1. The van der Waals surface area contributed by atoms with Crippen molar-refractivity contribution in [1.29, 1.82) is 0 Å². The summed E-state index contributed by atoms with van der Waals surface area (Å²) in [5.74, 6) is -1.07. The monoisotopic (exact) mass is 238 g/mol. The number of carbonyl (C=O) groups is 1. The molecule has 17 heavy (non-hydrogen) atoms. The van der Waals surface area contributed by atoms with Crippen molar-refractivity contribution in [3.05, 3.63) is 23.5 Å². The van der Waals surface area contributed by atoms with E-state index in [1.54, 1.807) is 17.9 Å². The molecule has 2 atom stereocenters. The van der Waals surface area contributed by atoms with Crippen LogP contribution in [0.3, 0.4) is 0 Å². The molecular weight excluding hydrogens is 224 g/mol. The summed E-state index contributed by atoms with van der Waals surface area (Å²) in [7, 11) is 0. The number of carboxylic acids is 1. The maximum absolute atomic E-state index is 11.1. The molecule has 2 unspecified atom stereocenters. The normalized spacial score (nSPS) is 24.1. The van der Waals surface area contributed by atoms with Gasteiger partial charge in [-0.15, -0.1) is 0 Å². The Morgan fingerprint density at radius 2 is 2.00 bits per heavy atom. The Kier molecular flexibility index (Phi) is 2.99. The van der Waals surface area contributed by atoms with Crippen LogP contribution in [0.2, 0.25) is 0 Å². The van der Waals surface area contributed by atoms with Gasteiger partial charge in [0.15, 0.2) is 0 Å². The molecule has 0 saturated carbocycles. The summed E-state index contributed by atoms with van der Waals surface area (Å²) in [5.41, 5.74) is 1.26. The van der Waals surface area contributed by atoms with Gasteiger partial charge >= 0.3 is 5.97 Å². The van der Waals surface area contributed by atoms with Crippen molar-refractivity contribution < 1.29 is 20.1 Å². The van der Waals surface area contributed by atoms with Crippen LogP contribution in [0.15, 0.2) is 12.3 Å². The molecule has 2 heterocycles. The van der Waals surface area contributed by atoms with Crippen LogP contribution in [0.1, 0.15) is 16.1 Å². The second-order valence-electron chi connectivity index (χ2n) is 4.19. The number of pyridine rings is 1. The minimum atomic E-state index is -1.07. The molecule has 0 aromatic carbocycles. The van der Waals surface area contributed by atoms with Crippen molar-refractivity contribution in [2.75, 3.05) is 18.0 Å². The smallest absolute Gasteiger partial charge is 0.339 e. The summed E-state index contributed by atoms with van der Waals surface area (Å²) in [6.45, 7) is 2.22. The summed E-state index contributed by atoms with van der Waals surface area (Å²) in [6, 6.07) is 1.65. The average molecular weight is 238 g/mol. The number of aromatic carboxylic acids is 1. The SMILES string of the molecule is Cc1cc(N2CC(O)C(O)C2)c(C(=O)O)cn1. The maximum atomic E-state index is 11.1. The number of aliphatic hydroxyl groups is 2. The van der Waals surface area contributed by atoms with Gasteiger partial charge in [0.05, 0.1) is 17.9 Å². The van der Waals surface area contributed by atoms with E-state index >= 15 is 0 Å². The van der Waals surface area contributed by atoms with Crippen LogP contribution in [0, 0.1) is 6.92 Å². The Morgan fingerprint density at radius 1 is 1.41 bits per heavy atom. The highest BCUT2D eigenvalue weighted by atomic mass is 16.4. The van der Waals surface area contributed by atoms with Gasteiger partial charge in [-0.2, -0.15) is 0 Å². The molecule has 2 rings (SSSR count). The molecule has 1 saturated heterocycles. The van der Waals surface area contributed by atoms with Crippen LogP contribution < -0.4 is 4.90 Å². The summed E-state index contributed by atoms with van der Waals surface area (Å²) >= 11 is 0. The Balaban J connectivity index is 2.37. The second kappa shape index (κ2) is 4.31. The average Bonchev–Trinajstić information content (AvgIpc) is 2.58. The van der Waals surface area contributed by atoms with Gasteiger partial charge in [0.25, 0.3) is 0 Å². The molecule has 1 aliphatic rings. The van der Waals surface area contributed by atoms with Crippen molar-refractivity contribution in [3.63, 3.8) is 0 Å². The number of nitrogens with zero attached hydrogens (tertiary/aromatic N) is 2. The van der Waals surface area contributed by atoms with Gasteiger partial charge in [0.1, 0.15) is 5.56 Å². The number of rotatable bonds is 2. The molecule has 6 nitrogen and oxygen atoms in total. The number of carboxylic acid groups (broad SMARTS) is 1. The first-order valence-corrected chi connectivity index (χ1v) is 5.30. The molecule has 0 spiro atoms. The van der Waals surface area contributed by atoms with E-state index in [2.05, 4.69) is 4.98 Å². The third-order valence-corrected chi connectivity index (χ3v) is 2.85. The molecule has 3 N–H and O–H groups in total. The van der Waals surface area contributed by atoms with Gasteiger partial charge < -0.3 is 20.2 Å². The molecule has 0 aliphatic carbocycles. The van der Waals surface area contributed by atoms with Crippen molar-refractivity contribution >= 4 is 11.7 Å². The summed E-state index contributed by atoms with van der Waals surface area (Å²) in [6.07, 6.45) is -0.389. The number of anilines is 1. The number of aromatic nitrogens is 1. The van der Waals surface area contributed by atoms with Crippen molar-refractivity contribution in [2.24, 2.45) is 0 Å². The lowest BCUT2D eigenvalue weighted by Gasteiger charge is -2.20. The van der Waals surface area contributed by atoms with Crippen molar-refractivity contribution in [1.82, 2.24) is 4.98 Å². The van der Waals surface area contributed by atoms with Crippen LogP contribution >= 0.6 is 0 Å². The van der Waals surface area contributed by atoms with Crippen LogP contribution in [0.5, 0.6) is 0 Å². The first-order valence-electron chi connectivity index (χ1n) is 5.30. The number of aliphatic hydroxyl groups excluding tert-OH is 2. The zero-order valence-electron chi connectivity index (χ0n) is 9.37. The quantitative estimate of drug-likeness (QED) is 0.651. The van der Waals surface area contributed by atoms with E-state index in [0.29, 0.717) is 11.4 Å². The number of hydrogen-bond donors (Lipinski definition) is 3. The Labute approximate surface area is 98.1 Å². The largest absolute Gasteiger partial charge is 0.478 e. The maximum Gasteiger partial charge on any atom is 0.339 e. The minimum absolute atomic E-state index is 0.0805. The van der Waals surface area contributed by atoms with Crippen LogP contribution in [0.25, 0.3) is 0 Å². The van der Waals surface area contributed by atoms with E-state index in [0.717, 1.165) is 0 Å². The van der Waals surface area contributed by atoms with E-state index in [9.17, 15) is 15.0 Å². The molecule has 1 fully saturated rings. The Hall–Kier alpha value is -1.66. The molecule has 0 bridgehead atoms. The first-order chi connectivity index (χ1) is 7.99. The highest BCUT2D eigenvalue weighted by Gasteiger charge is 2.31. The minimum Gasteiger partial charge on any atom is -0.478 e. The third kappa shape index (κ3) is 2.22. The highest BCUT2D eigenvalue weighted by molar-refractivity contribution is 5.94. The fourth-order valence-electron chi connectivity index (χ4n) is 1.94. The second-order valence-corrected chi connectivity index (χ2v) is 4.19. The molecule has 0 radical (unpaired) electrons. The van der Waals surface area contributed by atoms with Gasteiger partial charge in [-0.05, 0) is 13.0 Å². The summed E-state index contributed by atoms with van der Waals surface area (Å²) in [4.78, 5) is 16.7. The Bertz CT molecular complexity index is 439. The van der Waals surface area contributed by atoms with Crippen molar-refractivity contribution in [3.8, 4) is 0 Å². The fraction of sp³-hybridized carbons (Fsp3) is 0.455. The van der Waals surface area contributed by atoms with Gasteiger partial charge in [-0.3, -0.25) is 4.98 Å². The van der Waals surface area contributed by atoms with Crippen LogP contribution in [-0.2, 0) is 0 Å². The van der Waals surface area contributed by atoms with Crippen LogP contribution in [0.4, 0.5) is 5.69 Å². The lowest BCUT2D eigenvalue weighted by molar-refractivity contribution is 0.0572. The van der Waals surface area contributed by atoms with Crippen molar-refractivity contribution in [2.45, 2.75) is 19.1 Å². The van der Waals surface area contributed by atoms with E-state index in [1.807, 2.05) is 0 Å². The lowest BCUT2D eigenvalue weighted by Crippen LogP contribution is -2.23. The predicted octanol–water partition coefficient (Wildman–Crippen LogP) is -0.370. The van der Waals surface area contributed by atoms with Gasteiger partial charge in [-0.1, -0.05) is 0 Å². The topological polar surface area (TPSA) is 93.9 Å². The van der Waals surface area contributed by atoms with E-state index < -0.39 is 18.2 Å². The fourth-order valence-corrected chi connectivity index (χ4v) is 1.94. The van der Waals surface area contributed by atoms with Gasteiger partial charge in [0.2, 0.25) is 0 Å². The standard InChI is InChI=1S/C11H14N2O4/c1-6-2-8(7(3-12-6)11(16)17)13-4-9(14)10(15)5-13/h2-3,9-10,14-15H,4-5H2,1H3,(H,16,17). The molecule has 1 aromatic heterocycles.